The van der Waals surface area contributed by atoms with E-state index in [1.165, 1.54) is 13.0 Å². The van der Waals surface area contributed by atoms with Gasteiger partial charge < -0.3 is 14.6 Å². The number of hydrogen-bond donors (Lipinski definition) is 1. The Morgan fingerprint density at radius 3 is 2.86 bits per heavy atom. The molecule has 1 N–H and O–H groups in total. The number of nitrogens with zero attached hydrogens (tertiary/aromatic N) is 1. The Balaban J connectivity index is 1.67. The summed E-state index contributed by atoms with van der Waals surface area (Å²) in [5.41, 5.74) is -0.0491. The second-order valence-electron chi connectivity index (χ2n) is 5.71. The highest BCUT2D eigenvalue weighted by Crippen LogP contribution is 2.22. The summed E-state index contributed by atoms with van der Waals surface area (Å²) in [7, 11) is 0. The molecule has 0 radical (unpaired) electrons. The topological polar surface area (TPSA) is 45.3 Å². The van der Waals surface area contributed by atoms with Gasteiger partial charge in [0.1, 0.15) is 11.9 Å². The molecule has 0 atom stereocenters. The lowest BCUT2D eigenvalue weighted by molar-refractivity contribution is 0.101. The molecule has 1 aromatic carbocycles. The highest BCUT2D eigenvalue weighted by atomic mass is 16.5. The Kier molecular flexibility index (Phi) is 4.25. The van der Waals surface area contributed by atoms with Gasteiger partial charge in [0.2, 0.25) is 0 Å². The second-order valence-corrected chi connectivity index (χ2v) is 5.71. The molecule has 0 aliphatic carbocycles. The summed E-state index contributed by atoms with van der Waals surface area (Å²) in [4.78, 5) is 16.9. The van der Waals surface area contributed by atoms with Crippen LogP contribution in [0.4, 0.5) is 0 Å². The van der Waals surface area contributed by atoms with E-state index >= 15 is 0 Å². The molecule has 1 fully saturated rings. The van der Waals surface area contributed by atoms with Crippen molar-refractivity contribution in [3.05, 3.63) is 40.8 Å². The van der Waals surface area contributed by atoms with E-state index in [1.807, 2.05) is 24.3 Å². The summed E-state index contributed by atoms with van der Waals surface area (Å²) in [5.74, 6) is 0.863. The number of fused-ring (bicyclic) bond motifs is 1. The molecule has 1 aromatic heterocycles. The molecule has 112 valence electrons. The zero-order chi connectivity index (χ0) is 14.7. The molecule has 4 heteroatoms. The number of ether oxygens (including phenoxy) is 1. The highest BCUT2D eigenvalue weighted by molar-refractivity contribution is 5.82. The lowest BCUT2D eigenvalue weighted by atomic mass is 10.1. The number of aromatic amines is 1. The minimum atomic E-state index is -0.0491. The summed E-state index contributed by atoms with van der Waals surface area (Å²) in [5, 5.41) is 1.64. The van der Waals surface area contributed by atoms with E-state index in [-0.39, 0.29) is 11.7 Å². The van der Waals surface area contributed by atoms with E-state index in [0.29, 0.717) is 5.39 Å². The van der Waals surface area contributed by atoms with Gasteiger partial charge in [-0.3, -0.25) is 4.79 Å². The number of likely N-dealkylation sites (tertiary alicyclic amines) is 1. The fourth-order valence-electron chi connectivity index (χ4n) is 3.00. The number of pyridine rings is 1. The first kappa shape index (κ1) is 14.1. The summed E-state index contributed by atoms with van der Waals surface area (Å²) >= 11 is 0. The van der Waals surface area contributed by atoms with Crippen molar-refractivity contribution in [1.29, 1.82) is 0 Å². The number of H-pyrrole nitrogens is 1. The van der Waals surface area contributed by atoms with E-state index < -0.39 is 0 Å². The first-order valence-corrected chi connectivity index (χ1v) is 7.76. The van der Waals surface area contributed by atoms with Gasteiger partial charge in [-0.2, -0.15) is 0 Å². The average Bonchev–Trinajstić information content (AvgIpc) is 2.50. The lowest BCUT2D eigenvalue weighted by Gasteiger charge is -2.31. The fraction of sp³-hybridized carbons (Fsp3) is 0.471. The van der Waals surface area contributed by atoms with E-state index in [9.17, 15) is 4.79 Å². The Hall–Kier alpha value is -1.81. The molecule has 0 saturated carbocycles. The molecule has 3 rings (SSSR count). The van der Waals surface area contributed by atoms with Crippen LogP contribution in [0.3, 0.4) is 0 Å². The van der Waals surface area contributed by atoms with Crippen molar-refractivity contribution in [3.63, 3.8) is 0 Å². The Labute approximate surface area is 124 Å². The largest absolute Gasteiger partial charge is 0.490 e. The summed E-state index contributed by atoms with van der Waals surface area (Å²) < 4.78 is 6.09. The van der Waals surface area contributed by atoms with Crippen LogP contribution in [-0.2, 0) is 0 Å². The van der Waals surface area contributed by atoms with Crippen molar-refractivity contribution in [2.45, 2.75) is 32.3 Å². The zero-order valence-electron chi connectivity index (χ0n) is 12.5. The Morgan fingerprint density at radius 1 is 1.29 bits per heavy atom. The molecule has 1 aliphatic rings. The number of benzene rings is 1. The summed E-state index contributed by atoms with van der Waals surface area (Å²) in [6.07, 6.45) is 5.33. The van der Waals surface area contributed by atoms with Crippen LogP contribution in [0, 0.1) is 0 Å². The van der Waals surface area contributed by atoms with Crippen LogP contribution < -0.4 is 10.3 Å². The van der Waals surface area contributed by atoms with Gasteiger partial charge in [-0.25, -0.2) is 0 Å². The monoisotopic (exact) mass is 286 g/mol. The molecule has 0 bridgehead atoms. The SMILES string of the molecule is CCCN1CCC(Oc2ccc3c(=O)[nH]ccc3c2)CC1. The molecule has 1 aliphatic heterocycles. The molecule has 21 heavy (non-hydrogen) atoms. The van der Waals surface area contributed by atoms with E-state index in [1.54, 1.807) is 6.20 Å². The summed E-state index contributed by atoms with van der Waals surface area (Å²) in [6, 6.07) is 7.61. The normalized spacial score (nSPS) is 17.2. The lowest BCUT2D eigenvalue weighted by Crippen LogP contribution is -2.38. The van der Waals surface area contributed by atoms with E-state index in [2.05, 4.69) is 16.8 Å². The quantitative estimate of drug-likeness (QED) is 0.940. The molecule has 0 spiro atoms. The molecule has 1 saturated heterocycles. The third-order valence-electron chi connectivity index (χ3n) is 4.12. The number of rotatable bonds is 4. The van der Waals surface area contributed by atoms with Gasteiger partial charge in [-0.1, -0.05) is 6.92 Å². The van der Waals surface area contributed by atoms with E-state index in [4.69, 9.17) is 4.74 Å². The first-order chi connectivity index (χ1) is 10.3. The Bertz CT molecular complexity index is 657. The second kappa shape index (κ2) is 6.31. The number of piperidine rings is 1. The van der Waals surface area contributed by atoms with Crippen LogP contribution in [-0.4, -0.2) is 35.6 Å². The van der Waals surface area contributed by atoms with Crippen molar-refractivity contribution in [3.8, 4) is 5.75 Å². The Morgan fingerprint density at radius 2 is 2.10 bits per heavy atom. The van der Waals surface area contributed by atoms with Gasteiger partial charge in [0.05, 0.1) is 0 Å². The van der Waals surface area contributed by atoms with Gasteiger partial charge >= 0.3 is 0 Å². The number of aromatic nitrogens is 1. The van der Waals surface area contributed by atoms with Gasteiger partial charge in [0, 0.05) is 24.7 Å². The maximum Gasteiger partial charge on any atom is 0.255 e. The van der Waals surface area contributed by atoms with Crippen LogP contribution in [0.2, 0.25) is 0 Å². The van der Waals surface area contributed by atoms with Crippen molar-refractivity contribution in [2.24, 2.45) is 0 Å². The van der Waals surface area contributed by atoms with Crippen molar-refractivity contribution >= 4 is 10.8 Å². The van der Waals surface area contributed by atoms with Gasteiger partial charge in [0.15, 0.2) is 0 Å². The number of nitrogens with one attached hydrogen (secondary N) is 1. The maximum absolute atomic E-state index is 11.7. The molecule has 4 nitrogen and oxygen atoms in total. The molecule has 2 aromatic rings. The molecule has 0 unspecified atom stereocenters. The van der Waals surface area contributed by atoms with E-state index in [0.717, 1.165) is 37.1 Å². The standard InChI is InChI=1S/C17H22N2O2/c1-2-9-19-10-6-14(7-11-19)21-15-3-4-16-13(12-15)5-8-18-17(16)20/h3-5,8,12,14H,2,6-7,9-11H2,1H3,(H,18,20). The fourth-order valence-corrected chi connectivity index (χ4v) is 3.00. The third-order valence-corrected chi connectivity index (χ3v) is 4.12. The predicted octanol–water partition coefficient (Wildman–Crippen LogP) is 2.78. The van der Waals surface area contributed by atoms with Gasteiger partial charge in [-0.15, -0.1) is 0 Å². The molecule has 0 amide bonds. The molecule has 2 heterocycles. The third kappa shape index (κ3) is 3.27. The van der Waals surface area contributed by atoms with Gasteiger partial charge in [0.25, 0.3) is 5.56 Å². The minimum Gasteiger partial charge on any atom is -0.490 e. The van der Waals surface area contributed by atoms with Crippen LogP contribution in [0.15, 0.2) is 35.3 Å². The van der Waals surface area contributed by atoms with Gasteiger partial charge in [-0.05, 0) is 55.5 Å². The summed E-state index contributed by atoms with van der Waals surface area (Å²) in [6.45, 7) is 5.64. The molecular weight excluding hydrogens is 264 g/mol. The van der Waals surface area contributed by atoms with Crippen LogP contribution in [0.1, 0.15) is 26.2 Å². The average molecular weight is 286 g/mol. The molecular formula is C17H22N2O2. The van der Waals surface area contributed by atoms with Crippen molar-refractivity contribution < 1.29 is 4.74 Å². The van der Waals surface area contributed by atoms with Crippen LogP contribution in [0.5, 0.6) is 5.75 Å². The minimum absolute atomic E-state index is 0.0491. The van der Waals surface area contributed by atoms with Crippen molar-refractivity contribution in [2.75, 3.05) is 19.6 Å². The van der Waals surface area contributed by atoms with Crippen molar-refractivity contribution in [1.82, 2.24) is 9.88 Å². The maximum atomic E-state index is 11.7. The van der Waals surface area contributed by atoms with Crippen LogP contribution >= 0.6 is 0 Å². The number of hydrogen-bond acceptors (Lipinski definition) is 3. The zero-order valence-corrected chi connectivity index (χ0v) is 12.5. The highest BCUT2D eigenvalue weighted by Gasteiger charge is 2.19. The van der Waals surface area contributed by atoms with Crippen LogP contribution in [0.25, 0.3) is 10.8 Å². The first-order valence-electron chi connectivity index (χ1n) is 7.76. The predicted molar refractivity (Wildman–Crippen MR) is 84.9 cm³/mol. The smallest absolute Gasteiger partial charge is 0.255 e.